The van der Waals surface area contributed by atoms with Gasteiger partial charge in [0.2, 0.25) is 0 Å². The van der Waals surface area contributed by atoms with Gasteiger partial charge < -0.3 is 10.1 Å². The highest BCUT2D eigenvalue weighted by Gasteiger charge is 2.31. The van der Waals surface area contributed by atoms with Crippen LogP contribution in [-0.2, 0) is 11.2 Å². The van der Waals surface area contributed by atoms with Gasteiger partial charge in [-0.2, -0.15) is 0 Å². The third-order valence-corrected chi connectivity index (χ3v) is 4.22. The Morgan fingerprint density at radius 3 is 2.89 bits per heavy atom. The average Bonchev–Trinajstić information content (AvgIpc) is 2.78. The maximum absolute atomic E-state index is 13.1. The van der Waals surface area contributed by atoms with E-state index >= 15 is 0 Å². The predicted octanol–water partition coefficient (Wildman–Crippen LogP) is 3.42. The van der Waals surface area contributed by atoms with Crippen molar-refractivity contribution in [2.24, 2.45) is 5.92 Å². The summed E-state index contributed by atoms with van der Waals surface area (Å²) in [7, 11) is 0. The van der Waals surface area contributed by atoms with E-state index in [0.29, 0.717) is 17.0 Å². The molecule has 3 unspecified atom stereocenters. The van der Waals surface area contributed by atoms with Crippen LogP contribution in [0.25, 0.3) is 0 Å². The second-order valence-corrected chi connectivity index (χ2v) is 5.54. The second-order valence-electron chi connectivity index (χ2n) is 5.13. The lowest BCUT2D eigenvalue weighted by atomic mass is 9.89. The fourth-order valence-electron chi connectivity index (χ4n) is 2.84. The molecule has 1 N–H and O–H groups in total. The Labute approximate surface area is 119 Å². The summed E-state index contributed by atoms with van der Waals surface area (Å²) in [5, 5.41) is 4.02. The van der Waals surface area contributed by atoms with E-state index in [0.717, 1.165) is 31.6 Å². The van der Waals surface area contributed by atoms with E-state index in [-0.39, 0.29) is 11.9 Å². The first-order valence-corrected chi connectivity index (χ1v) is 7.28. The molecule has 0 bridgehead atoms. The van der Waals surface area contributed by atoms with Crippen LogP contribution in [0.4, 0.5) is 4.39 Å². The molecule has 1 aliphatic heterocycles. The SMILES string of the molecule is CCNC(Cc1ccc(F)cc1Cl)C1CCOC1C. The Morgan fingerprint density at radius 2 is 2.32 bits per heavy atom. The zero-order chi connectivity index (χ0) is 13.8. The van der Waals surface area contributed by atoms with E-state index < -0.39 is 0 Å². The van der Waals surface area contributed by atoms with Crippen molar-refractivity contribution in [3.8, 4) is 0 Å². The molecule has 0 saturated carbocycles. The van der Waals surface area contributed by atoms with Crippen LogP contribution in [0.2, 0.25) is 5.02 Å². The molecular weight excluding hydrogens is 265 g/mol. The molecule has 1 fully saturated rings. The van der Waals surface area contributed by atoms with Crippen molar-refractivity contribution < 1.29 is 9.13 Å². The molecule has 1 saturated heterocycles. The lowest BCUT2D eigenvalue weighted by molar-refractivity contribution is 0.0956. The predicted molar refractivity (Wildman–Crippen MR) is 76.1 cm³/mol. The number of benzene rings is 1. The minimum atomic E-state index is -0.286. The molecule has 1 heterocycles. The van der Waals surface area contributed by atoms with Crippen LogP contribution in [0.3, 0.4) is 0 Å². The quantitative estimate of drug-likeness (QED) is 0.895. The Balaban J connectivity index is 2.11. The molecular formula is C15H21ClFNO. The fourth-order valence-corrected chi connectivity index (χ4v) is 3.08. The average molecular weight is 286 g/mol. The molecule has 4 heteroatoms. The van der Waals surface area contributed by atoms with Crippen LogP contribution in [-0.4, -0.2) is 25.3 Å². The van der Waals surface area contributed by atoms with Crippen LogP contribution in [0.5, 0.6) is 0 Å². The van der Waals surface area contributed by atoms with Gasteiger partial charge in [-0.15, -0.1) is 0 Å². The maximum Gasteiger partial charge on any atom is 0.124 e. The summed E-state index contributed by atoms with van der Waals surface area (Å²) < 4.78 is 18.7. The third-order valence-electron chi connectivity index (χ3n) is 3.87. The maximum atomic E-state index is 13.1. The van der Waals surface area contributed by atoms with Gasteiger partial charge in [0.05, 0.1) is 6.10 Å². The largest absolute Gasteiger partial charge is 0.378 e. The summed E-state index contributed by atoms with van der Waals surface area (Å²) in [5.41, 5.74) is 0.994. The van der Waals surface area contributed by atoms with Crippen molar-refractivity contribution in [1.82, 2.24) is 5.32 Å². The van der Waals surface area contributed by atoms with E-state index in [4.69, 9.17) is 16.3 Å². The molecule has 1 aromatic rings. The molecule has 19 heavy (non-hydrogen) atoms. The molecule has 0 aliphatic carbocycles. The molecule has 1 aliphatic rings. The summed E-state index contributed by atoms with van der Waals surface area (Å²) in [4.78, 5) is 0. The first kappa shape index (κ1) is 14.8. The van der Waals surface area contributed by atoms with Crippen molar-refractivity contribution in [3.05, 3.63) is 34.6 Å². The van der Waals surface area contributed by atoms with Gasteiger partial charge in [0.1, 0.15) is 5.82 Å². The van der Waals surface area contributed by atoms with Gasteiger partial charge in [0.15, 0.2) is 0 Å². The number of halogens is 2. The number of hydrogen-bond acceptors (Lipinski definition) is 2. The summed E-state index contributed by atoms with van der Waals surface area (Å²) in [6.07, 6.45) is 2.14. The van der Waals surface area contributed by atoms with E-state index in [1.807, 2.05) is 0 Å². The zero-order valence-corrected chi connectivity index (χ0v) is 12.2. The standard InChI is InChI=1S/C15H21ClFNO/c1-3-18-15(13-6-7-19-10(13)2)8-11-4-5-12(17)9-14(11)16/h4-5,9-10,13,15,18H,3,6-8H2,1-2H3. The fraction of sp³-hybridized carbons (Fsp3) is 0.600. The Bertz CT molecular complexity index is 427. The van der Waals surface area contributed by atoms with Crippen LogP contribution in [0, 0.1) is 11.7 Å². The summed E-state index contributed by atoms with van der Waals surface area (Å²) in [5.74, 6) is 0.201. The highest BCUT2D eigenvalue weighted by Crippen LogP contribution is 2.28. The van der Waals surface area contributed by atoms with Gasteiger partial charge in [-0.25, -0.2) is 4.39 Å². The highest BCUT2D eigenvalue weighted by molar-refractivity contribution is 6.31. The van der Waals surface area contributed by atoms with Crippen molar-refractivity contribution in [2.75, 3.05) is 13.2 Å². The van der Waals surface area contributed by atoms with Crippen LogP contribution in [0.15, 0.2) is 18.2 Å². The molecule has 0 amide bonds. The monoisotopic (exact) mass is 285 g/mol. The Morgan fingerprint density at radius 1 is 1.53 bits per heavy atom. The van der Waals surface area contributed by atoms with E-state index in [9.17, 15) is 4.39 Å². The minimum absolute atomic E-state index is 0.267. The Hall–Kier alpha value is -0.640. The van der Waals surface area contributed by atoms with Gasteiger partial charge in [0, 0.05) is 23.6 Å². The molecule has 0 radical (unpaired) electrons. The number of hydrogen-bond donors (Lipinski definition) is 1. The normalized spacial score (nSPS) is 24.6. The topological polar surface area (TPSA) is 21.3 Å². The molecule has 106 valence electrons. The van der Waals surface area contributed by atoms with Crippen LogP contribution < -0.4 is 5.32 Å². The lowest BCUT2D eigenvalue weighted by Gasteiger charge is -2.27. The van der Waals surface area contributed by atoms with E-state index in [1.54, 1.807) is 6.07 Å². The molecule has 1 aromatic carbocycles. The first-order valence-electron chi connectivity index (χ1n) is 6.90. The summed E-state index contributed by atoms with van der Waals surface area (Å²) in [6.45, 7) is 5.95. The van der Waals surface area contributed by atoms with Gasteiger partial charge in [-0.1, -0.05) is 24.6 Å². The first-order chi connectivity index (χ1) is 9.11. The van der Waals surface area contributed by atoms with E-state index in [2.05, 4.69) is 19.2 Å². The third kappa shape index (κ3) is 3.68. The molecule has 3 atom stereocenters. The van der Waals surface area contributed by atoms with Gasteiger partial charge in [-0.05, 0) is 44.0 Å². The van der Waals surface area contributed by atoms with Crippen molar-refractivity contribution >= 4 is 11.6 Å². The number of rotatable bonds is 5. The zero-order valence-electron chi connectivity index (χ0n) is 11.5. The van der Waals surface area contributed by atoms with Crippen molar-refractivity contribution in [3.63, 3.8) is 0 Å². The smallest absolute Gasteiger partial charge is 0.124 e. The minimum Gasteiger partial charge on any atom is -0.378 e. The summed E-state index contributed by atoms with van der Waals surface area (Å²) in [6, 6.07) is 4.96. The van der Waals surface area contributed by atoms with Gasteiger partial charge in [0.25, 0.3) is 0 Å². The molecule has 2 nitrogen and oxygen atoms in total. The number of likely N-dealkylation sites (N-methyl/N-ethyl adjacent to an activating group) is 1. The molecule has 0 aromatic heterocycles. The Kier molecular flexibility index (Phi) is 5.20. The van der Waals surface area contributed by atoms with Crippen molar-refractivity contribution in [1.29, 1.82) is 0 Å². The summed E-state index contributed by atoms with van der Waals surface area (Å²) >= 11 is 6.12. The number of ether oxygens (including phenoxy) is 1. The highest BCUT2D eigenvalue weighted by atomic mass is 35.5. The van der Waals surface area contributed by atoms with Gasteiger partial charge >= 0.3 is 0 Å². The van der Waals surface area contributed by atoms with Crippen LogP contribution in [0.1, 0.15) is 25.8 Å². The van der Waals surface area contributed by atoms with Crippen LogP contribution >= 0.6 is 11.6 Å². The lowest BCUT2D eigenvalue weighted by Crippen LogP contribution is -2.40. The van der Waals surface area contributed by atoms with Gasteiger partial charge in [-0.3, -0.25) is 0 Å². The number of nitrogens with one attached hydrogen (secondary N) is 1. The van der Waals surface area contributed by atoms with Crippen molar-refractivity contribution in [2.45, 2.75) is 38.8 Å². The molecule has 2 rings (SSSR count). The van der Waals surface area contributed by atoms with E-state index in [1.165, 1.54) is 12.1 Å². The second kappa shape index (κ2) is 6.69. The molecule has 0 spiro atoms.